The Morgan fingerprint density at radius 3 is 2.52 bits per heavy atom. The average molecular weight is 284 g/mol. The van der Waals surface area contributed by atoms with Crippen LogP contribution in [0.3, 0.4) is 0 Å². The van der Waals surface area contributed by atoms with Gasteiger partial charge in [-0.25, -0.2) is 0 Å². The lowest BCUT2D eigenvalue weighted by atomic mass is 10.2. The van der Waals surface area contributed by atoms with Crippen molar-refractivity contribution >= 4 is 11.6 Å². The zero-order chi connectivity index (χ0) is 15.2. The van der Waals surface area contributed by atoms with Gasteiger partial charge in [0.05, 0.1) is 11.7 Å². The van der Waals surface area contributed by atoms with Crippen molar-refractivity contribution in [3.63, 3.8) is 0 Å². The second kappa shape index (κ2) is 6.90. The molecule has 2 aromatic carbocycles. The number of rotatable bonds is 5. The van der Waals surface area contributed by atoms with Crippen molar-refractivity contribution in [2.45, 2.75) is 26.3 Å². The first-order valence-electron chi connectivity index (χ1n) is 7.00. The minimum atomic E-state index is -0.516. The van der Waals surface area contributed by atoms with Crippen molar-refractivity contribution in [3.05, 3.63) is 54.1 Å². The summed E-state index contributed by atoms with van der Waals surface area (Å²) in [4.78, 5) is 11.9. The summed E-state index contributed by atoms with van der Waals surface area (Å²) < 4.78 is 5.82. The zero-order valence-electron chi connectivity index (χ0n) is 12.3. The molecule has 0 heterocycles. The molecule has 1 amide bonds. The predicted molar refractivity (Wildman–Crippen MR) is 84.6 cm³/mol. The number of hydrogen-bond acceptors (Lipinski definition) is 3. The molecule has 3 N–H and O–H groups in total. The highest BCUT2D eigenvalue weighted by molar-refractivity contribution is 5.95. The predicted octanol–water partition coefficient (Wildman–Crippen LogP) is 3.46. The third kappa shape index (κ3) is 4.07. The number of benzene rings is 2. The van der Waals surface area contributed by atoms with Crippen LogP contribution in [0.1, 0.15) is 18.9 Å². The molecule has 4 heteroatoms. The third-order valence-electron chi connectivity index (χ3n) is 3.17. The van der Waals surface area contributed by atoms with Crippen LogP contribution in [0.4, 0.5) is 5.69 Å². The second-order valence-electron chi connectivity index (χ2n) is 4.92. The van der Waals surface area contributed by atoms with Crippen molar-refractivity contribution in [2.24, 2.45) is 5.73 Å². The van der Waals surface area contributed by atoms with E-state index in [1.807, 2.05) is 56.3 Å². The van der Waals surface area contributed by atoms with Crippen LogP contribution in [0, 0.1) is 6.92 Å². The van der Waals surface area contributed by atoms with E-state index in [1.165, 1.54) is 0 Å². The SMILES string of the molecule is CC[C@@H](N)C(=O)Nc1ccccc1Oc1ccc(C)cc1. The van der Waals surface area contributed by atoms with Crippen LogP contribution in [-0.4, -0.2) is 11.9 Å². The topological polar surface area (TPSA) is 64.4 Å². The first-order chi connectivity index (χ1) is 10.1. The average Bonchev–Trinajstić information content (AvgIpc) is 2.50. The highest BCUT2D eigenvalue weighted by atomic mass is 16.5. The van der Waals surface area contributed by atoms with Gasteiger partial charge in [0, 0.05) is 0 Å². The third-order valence-corrected chi connectivity index (χ3v) is 3.17. The standard InChI is InChI=1S/C17H20N2O2/c1-3-14(18)17(20)19-15-6-4-5-7-16(15)21-13-10-8-12(2)9-11-13/h4-11,14H,3,18H2,1-2H3,(H,19,20)/t14-/m1/s1. The lowest BCUT2D eigenvalue weighted by Gasteiger charge is -2.14. The van der Waals surface area contributed by atoms with Gasteiger partial charge in [-0.1, -0.05) is 36.8 Å². The number of nitrogens with two attached hydrogens (primary N) is 1. The van der Waals surface area contributed by atoms with Crippen molar-refractivity contribution in [3.8, 4) is 11.5 Å². The van der Waals surface area contributed by atoms with E-state index in [4.69, 9.17) is 10.5 Å². The molecule has 2 rings (SSSR count). The molecule has 0 aromatic heterocycles. The van der Waals surface area contributed by atoms with Gasteiger partial charge < -0.3 is 15.8 Å². The molecule has 0 spiro atoms. The maximum atomic E-state index is 11.9. The van der Waals surface area contributed by atoms with Crippen molar-refractivity contribution in [1.82, 2.24) is 0 Å². The van der Waals surface area contributed by atoms with E-state index in [9.17, 15) is 4.79 Å². The Labute approximate surface area is 124 Å². The number of hydrogen-bond donors (Lipinski definition) is 2. The summed E-state index contributed by atoms with van der Waals surface area (Å²) in [6.45, 7) is 3.89. The second-order valence-corrected chi connectivity index (χ2v) is 4.92. The lowest BCUT2D eigenvalue weighted by Crippen LogP contribution is -2.34. The minimum Gasteiger partial charge on any atom is -0.455 e. The lowest BCUT2D eigenvalue weighted by molar-refractivity contribution is -0.117. The summed E-state index contributed by atoms with van der Waals surface area (Å²) in [7, 11) is 0. The molecule has 4 nitrogen and oxygen atoms in total. The molecule has 110 valence electrons. The molecule has 0 fully saturated rings. The van der Waals surface area contributed by atoms with Crippen LogP contribution in [0.5, 0.6) is 11.5 Å². The normalized spacial score (nSPS) is 11.8. The molecular formula is C17H20N2O2. The molecule has 0 saturated heterocycles. The molecule has 0 bridgehead atoms. The molecule has 0 radical (unpaired) electrons. The number of carbonyl (C=O) groups excluding carboxylic acids is 1. The first-order valence-corrected chi connectivity index (χ1v) is 7.00. The number of para-hydroxylation sites is 2. The minimum absolute atomic E-state index is 0.211. The first kappa shape index (κ1) is 15.1. The van der Waals surface area contributed by atoms with E-state index < -0.39 is 6.04 Å². The van der Waals surface area contributed by atoms with Gasteiger partial charge in [-0.2, -0.15) is 0 Å². The number of anilines is 1. The Kier molecular flexibility index (Phi) is 4.95. The Morgan fingerprint density at radius 1 is 1.19 bits per heavy atom. The van der Waals surface area contributed by atoms with Crippen molar-refractivity contribution < 1.29 is 9.53 Å². The van der Waals surface area contributed by atoms with Crippen LogP contribution in [0.15, 0.2) is 48.5 Å². The molecule has 0 aliphatic carbocycles. The molecular weight excluding hydrogens is 264 g/mol. The van der Waals surface area contributed by atoms with Gasteiger partial charge in [0.15, 0.2) is 5.75 Å². The number of carbonyl (C=O) groups is 1. The molecule has 0 aliphatic heterocycles. The van der Waals surface area contributed by atoms with Gasteiger partial charge in [-0.15, -0.1) is 0 Å². The van der Waals surface area contributed by atoms with Gasteiger partial charge in [0.2, 0.25) is 5.91 Å². The summed E-state index contributed by atoms with van der Waals surface area (Å²) >= 11 is 0. The number of nitrogens with one attached hydrogen (secondary N) is 1. The van der Waals surface area contributed by atoms with E-state index in [2.05, 4.69) is 5.32 Å². The number of aryl methyl sites for hydroxylation is 1. The fourth-order valence-electron chi connectivity index (χ4n) is 1.80. The largest absolute Gasteiger partial charge is 0.455 e. The van der Waals surface area contributed by atoms with Crippen LogP contribution in [0.2, 0.25) is 0 Å². The van der Waals surface area contributed by atoms with Crippen molar-refractivity contribution in [1.29, 1.82) is 0 Å². The molecule has 0 unspecified atom stereocenters. The van der Waals surface area contributed by atoms with Crippen LogP contribution < -0.4 is 15.8 Å². The summed E-state index contributed by atoms with van der Waals surface area (Å²) in [5.41, 5.74) is 7.51. The summed E-state index contributed by atoms with van der Waals surface area (Å²) in [5.74, 6) is 1.11. The maximum absolute atomic E-state index is 11.9. The molecule has 0 aliphatic rings. The summed E-state index contributed by atoms with van der Waals surface area (Å²) in [6.07, 6.45) is 0.590. The van der Waals surface area contributed by atoms with Gasteiger partial charge in [0.1, 0.15) is 5.75 Å². The Hall–Kier alpha value is -2.33. The molecule has 0 saturated carbocycles. The number of amides is 1. The molecule has 1 atom stereocenters. The van der Waals surface area contributed by atoms with Gasteiger partial charge in [0.25, 0.3) is 0 Å². The monoisotopic (exact) mass is 284 g/mol. The zero-order valence-corrected chi connectivity index (χ0v) is 12.3. The van der Waals surface area contributed by atoms with E-state index >= 15 is 0 Å². The Bertz CT molecular complexity index is 608. The van der Waals surface area contributed by atoms with Gasteiger partial charge in [-0.3, -0.25) is 4.79 Å². The molecule has 21 heavy (non-hydrogen) atoms. The summed E-state index contributed by atoms with van der Waals surface area (Å²) in [5, 5.41) is 2.80. The fourth-order valence-corrected chi connectivity index (χ4v) is 1.80. The van der Waals surface area contributed by atoms with Gasteiger partial charge >= 0.3 is 0 Å². The van der Waals surface area contributed by atoms with E-state index in [0.29, 0.717) is 17.9 Å². The van der Waals surface area contributed by atoms with Gasteiger partial charge in [-0.05, 0) is 37.6 Å². The Balaban J connectivity index is 2.17. The smallest absolute Gasteiger partial charge is 0.241 e. The quantitative estimate of drug-likeness (QED) is 0.883. The van der Waals surface area contributed by atoms with E-state index in [-0.39, 0.29) is 5.91 Å². The van der Waals surface area contributed by atoms with E-state index in [0.717, 1.165) is 11.3 Å². The molecule has 2 aromatic rings. The number of ether oxygens (including phenoxy) is 1. The maximum Gasteiger partial charge on any atom is 0.241 e. The van der Waals surface area contributed by atoms with E-state index in [1.54, 1.807) is 6.07 Å². The van der Waals surface area contributed by atoms with Crippen molar-refractivity contribution in [2.75, 3.05) is 5.32 Å². The van der Waals surface area contributed by atoms with Crippen LogP contribution >= 0.6 is 0 Å². The van der Waals surface area contributed by atoms with Crippen LogP contribution in [-0.2, 0) is 4.79 Å². The Morgan fingerprint density at radius 2 is 1.86 bits per heavy atom. The highest BCUT2D eigenvalue weighted by Crippen LogP contribution is 2.29. The fraction of sp³-hybridized carbons (Fsp3) is 0.235. The highest BCUT2D eigenvalue weighted by Gasteiger charge is 2.13. The van der Waals surface area contributed by atoms with Crippen LogP contribution in [0.25, 0.3) is 0 Å². The summed E-state index contributed by atoms with van der Waals surface area (Å²) in [6, 6.07) is 14.5.